The van der Waals surface area contributed by atoms with Gasteiger partial charge in [-0.2, -0.15) is 0 Å². The third-order valence-electron chi connectivity index (χ3n) is 0.865. The molecule has 0 bridgehead atoms. The molecular formula is C4H8NO4P. The minimum Gasteiger partial charge on any atom is -0.594 e. The van der Waals surface area contributed by atoms with E-state index in [1.807, 2.05) is 0 Å². The molecule has 58 valence electrons. The van der Waals surface area contributed by atoms with Crippen molar-refractivity contribution in [3.63, 3.8) is 0 Å². The third-order valence-corrected chi connectivity index (χ3v) is 1.68. The molecule has 0 aliphatic heterocycles. The molecule has 0 aliphatic carbocycles. The Hall–Kier alpha value is -0.510. The average molecular weight is 165 g/mol. The van der Waals surface area contributed by atoms with Crippen LogP contribution in [-0.2, 0) is 9.36 Å². The summed E-state index contributed by atoms with van der Waals surface area (Å²) in [6, 6.07) is 0. The average Bonchev–Trinajstić information content (AvgIpc) is 1.82. The van der Waals surface area contributed by atoms with E-state index >= 15 is 0 Å². The van der Waals surface area contributed by atoms with Crippen LogP contribution in [0, 0.1) is 0 Å². The van der Waals surface area contributed by atoms with E-state index in [0.717, 1.165) is 0 Å². The molecule has 0 aromatic heterocycles. The van der Waals surface area contributed by atoms with Crippen molar-refractivity contribution in [3.05, 3.63) is 0 Å². The van der Waals surface area contributed by atoms with Crippen molar-refractivity contribution in [2.75, 3.05) is 6.54 Å². The summed E-state index contributed by atoms with van der Waals surface area (Å²) < 4.78 is 10.1. The SMILES string of the molecule is CC(NCC(=O)O)[P+](=O)[O-]. The van der Waals surface area contributed by atoms with Crippen LogP contribution >= 0.6 is 8.03 Å². The second-order valence-electron chi connectivity index (χ2n) is 1.74. The lowest BCUT2D eigenvalue weighted by atomic mass is 10.6. The van der Waals surface area contributed by atoms with Gasteiger partial charge in [-0.05, 0) is 6.92 Å². The zero-order valence-corrected chi connectivity index (χ0v) is 6.30. The zero-order chi connectivity index (χ0) is 8.15. The molecule has 0 rings (SSSR count). The smallest absolute Gasteiger partial charge is 0.327 e. The Morgan fingerprint density at radius 3 is 2.70 bits per heavy atom. The van der Waals surface area contributed by atoms with Gasteiger partial charge in [-0.15, -0.1) is 0 Å². The van der Waals surface area contributed by atoms with Crippen LogP contribution in [0.15, 0.2) is 0 Å². The summed E-state index contributed by atoms with van der Waals surface area (Å²) in [6.07, 6.45) is 0. The first-order valence-electron chi connectivity index (χ1n) is 2.62. The molecule has 2 N–H and O–H groups in total. The van der Waals surface area contributed by atoms with Crippen molar-refractivity contribution >= 4 is 14.0 Å². The van der Waals surface area contributed by atoms with Gasteiger partial charge in [0.05, 0.1) is 6.54 Å². The maximum atomic E-state index is 10.1. The fourth-order valence-electron chi connectivity index (χ4n) is 0.310. The van der Waals surface area contributed by atoms with E-state index in [0.29, 0.717) is 0 Å². The van der Waals surface area contributed by atoms with Crippen molar-refractivity contribution in [3.8, 4) is 0 Å². The first kappa shape index (κ1) is 9.49. The molecule has 10 heavy (non-hydrogen) atoms. The van der Waals surface area contributed by atoms with Gasteiger partial charge in [-0.1, -0.05) is 4.57 Å². The first-order chi connectivity index (χ1) is 4.54. The highest BCUT2D eigenvalue weighted by atomic mass is 31.1. The van der Waals surface area contributed by atoms with E-state index in [4.69, 9.17) is 5.11 Å². The molecule has 0 fully saturated rings. The second-order valence-corrected chi connectivity index (χ2v) is 3.08. The Labute approximate surface area is 58.9 Å². The number of rotatable bonds is 4. The zero-order valence-electron chi connectivity index (χ0n) is 5.40. The van der Waals surface area contributed by atoms with Crippen molar-refractivity contribution < 1.29 is 19.4 Å². The van der Waals surface area contributed by atoms with Gasteiger partial charge in [-0.25, -0.2) is 0 Å². The van der Waals surface area contributed by atoms with E-state index < -0.39 is 19.8 Å². The summed E-state index contributed by atoms with van der Waals surface area (Å²) in [6.45, 7) is 1.05. The molecule has 0 radical (unpaired) electrons. The maximum Gasteiger partial charge on any atom is 0.327 e. The number of carboxylic acids is 1. The second kappa shape index (κ2) is 4.33. The summed E-state index contributed by atoms with van der Waals surface area (Å²) in [5, 5.41) is 10.4. The lowest BCUT2D eigenvalue weighted by Gasteiger charge is -2.01. The fourth-order valence-corrected chi connectivity index (χ4v) is 0.550. The van der Waals surface area contributed by atoms with E-state index in [-0.39, 0.29) is 6.54 Å². The topological polar surface area (TPSA) is 89.5 Å². The van der Waals surface area contributed by atoms with E-state index in [9.17, 15) is 14.3 Å². The van der Waals surface area contributed by atoms with Gasteiger partial charge in [0.15, 0.2) is 0 Å². The quantitative estimate of drug-likeness (QED) is 0.527. The highest BCUT2D eigenvalue weighted by Gasteiger charge is 2.14. The number of carbonyl (C=O) groups is 1. The summed E-state index contributed by atoms with van der Waals surface area (Å²) in [4.78, 5) is 20.0. The molecule has 0 spiro atoms. The Balaban J connectivity index is 3.49. The molecule has 0 aromatic carbocycles. The minimum absolute atomic E-state index is 0.329. The van der Waals surface area contributed by atoms with Crippen LogP contribution in [0.2, 0.25) is 0 Å². The molecule has 0 aromatic rings. The van der Waals surface area contributed by atoms with Crippen molar-refractivity contribution in [2.24, 2.45) is 0 Å². The van der Waals surface area contributed by atoms with Gasteiger partial charge >= 0.3 is 14.0 Å². The highest BCUT2D eigenvalue weighted by molar-refractivity contribution is 7.37. The molecule has 0 aliphatic rings. The number of hydrogen-bond donors (Lipinski definition) is 2. The Kier molecular flexibility index (Phi) is 4.11. The number of carboxylic acid groups (broad SMARTS) is 1. The first-order valence-corrected chi connectivity index (χ1v) is 3.87. The van der Waals surface area contributed by atoms with Crippen LogP contribution in [0.5, 0.6) is 0 Å². The van der Waals surface area contributed by atoms with Crippen LogP contribution in [0.25, 0.3) is 0 Å². The van der Waals surface area contributed by atoms with Crippen LogP contribution < -0.4 is 10.2 Å². The number of nitrogens with one attached hydrogen (secondary N) is 1. The molecule has 0 saturated heterocycles. The molecule has 5 nitrogen and oxygen atoms in total. The van der Waals surface area contributed by atoms with Crippen LogP contribution in [0.1, 0.15) is 6.92 Å². The van der Waals surface area contributed by atoms with E-state index in [1.54, 1.807) is 0 Å². The maximum absolute atomic E-state index is 10.1. The van der Waals surface area contributed by atoms with Gasteiger partial charge < -0.3 is 10.00 Å². The van der Waals surface area contributed by atoms with E-state index in [2.05, 4.69) is 5.32 Å². The molecular weight excluding hydrogens is 157 g/mol. The van der Waals surface area contributed by atoms with Crippen LogP contribution in [-0.4, -0.2) is 23.4 Å². The normalized spacial score (nSPS) is 14.4. The minimum atomic E-state index is -2.57. The predicted octanol–water partition coefficient (Wildman–Crippen LogP) is -0.891. The van der Waals surface area contributed by atoms with Crippen molar-refractivity contribution in [1.29, 1.82) is 0 Å². The Morgan fingerprint density at radius 1 is 1.90 bits per heavy atom. The van der Waals surface area contributed by atoms with Crippen molar-refractivity contribution in [2.45, 2.75) is 12.7 Å². The van der Waals surface area contributed by atoms with Gasteiger partial charge in [-0.3, -0.25) is 10.1 Å². The van der Waals surface area contributed by atoms with Crippen molar-refractivity contribution in [1.82, 2.24) is 5.32 Å². The molecule has 0 saturated carbocycles. The number of hydrogen-bond acceptors (Lipinski definition) is 4. The highest BCUT2D eigenvalue weighted by Crippen LogP contribution is 2.12. The summed E-state index contributed by atoms with van der Waals surface area (Å²) in [5.41, 5.74) is 0. The summed E-state index contributed by atoms with van der Waals surface area (Å²) in [7, 11) is -2.57. The molecule has 0 heterocycles. The summed E-state index contributed by atoms with van der Waals surface area (Å²) >= 11 is 0. The van der Waals surface area contributed by atoms with Gasteiger partial charge in [0, 0.05) is 0 Å². The standard InChI is InChI=1S/C4H8NO4P/c1-3(10(8)9)5-2-4(6)7/h3,5H,2H2,1H3,(H,6,7). The van der Waals surface area contributed by atoms with E-state index in [1.165, 1.54) is 6.92 Å². The van der Waals surface area contributed by atoms with Gasteiger partial charge in [0.1, 0.15) is 0 Å². The molecule has 6 heteroatoms. The molecule has 2 atom stereocenters. The Bertz CT molecular complexity index is 148. The van der Waals surface area contributed by atoms with Gasteiger partial charge in [0.2, 0.25) is 5.78 Å². The van der Waals surface area contributed by atoms with Crippen LogP contribution in [0.3, 0.4) is 0 Å². The predicted molar refractivity (Wildman–Crippen MR) is 32.7 cm³/mol. The summed E-state index contributed by atoms with van der Waals surface area (Å²) in [5.74, 6) is -1.84. The largest absolute Gasteiger partial charge is 0.594 e. The fraction of sp³-hybridized carbons (Fsp3) is 0.750. The molecule has 2 unspecified atom stereocenters. The lowest BCUT2D eigenvalue weighted by Crippen LogP contribution is -2.30. The Morgan fingerprint density at radius 2 is 2.40 bits per heavy atom. The number of aliphatic carboxylic acids is 1. The third kappa shape index (κ3) is 4.38. The molecule has 0 amide bonds. The van der Waals surface area contributed by atoms with Gasteiger partial charge in [0.25, 0.3) is 0 Å². The van der Waals surface area contributed by atoms with Crippen LogP contribution in [0.4, 0.5) is 0 Å². The monoisotopic (exact) mass is 165 g/mol. The lowest BCUT2D eigenvalue weighted by molar-refractivity contribution is -0.166.